The highest BCUT2D eigenvalue weighted by molar-refractivity contribution is 5.72. The molecule has 0 aliphatic rings. The van der Waals surface area contributed by atoms with E-state index >= 15 is 0 Å². The van der Waals surface area contributed by atoms with Crippen molar-refractivity contribution in [3.05, 3.63) is 74.0 Å². The van der Waals surface area contributed by atoms with E-state index in [4.69, 9.17) is 4.74 Å². The summed E-state index contributed by atoms with van der Waals surface area (Å²) in [7, 11) is 0. The van der Waals surface area contributed by atoms with Gasteiger partial charge in [0, 0.05) is 11.8 Å². The highest BCUT2D eigenvalue weighted by Gasteiger charge is 2.05. The molecule has 76 valence electrons. The summed E-state index contributed by atoms with van der Waals surface area (Å²) in [4.78, 5) is 4.14. The zero-order valence-electron chi connectivity index (χ0n) is 8.57. The third kappa shape index (κ3) is 2.95. The van der Waals surface area contributed by atoms with Crippen LogP contribution in [0.3, 0.4) is 0 Å². The minimum Gasteiger partial charge on any atom is -0.458 e. The Bertz CT molecular complexity index is 404. The molecule has 0 unspecified atom stereocenters. The van der Waals surface area contributed by atoms with Crippen LogP contribution in [0.25, 0.3) is 5.57 Å². The first-order valence-corrected chi connectivity index (χ1v) is 4.44. The van der Waals surface area contributed by atoms with Crippen LogP contribution in [0.1, 0.15) is 5.69 Å². The lowest BCUT2D eigenvalue weighted by Crippen LogP contribution is -1.94. The van der Waals surface area contributed by atoms with Crippen molar-refractivity contribution in [1.29, 1.82) is 0 Å². The molecule has 0 bridgehead atoms. The summed E-state index contributed by atoms with van der Waals surface area (Å²) in [6.45, 7) is 14.8. The van der Waals surface area contributed by atoms with Gasteiger partial charge >= 0.3 is 0 Å². The second-order valence-electron chi connectivity index (χ2n) is 2.89. The predicted molar refractivity (Wildman–Crippen MR) is 62.8 cm³/mol. The molecule has 1 rings (SSSR count). The van der Waals surface area contributed by atoms with Crippen LogP contribution in [0, 0.1) is 0 Å². The average Bonchev–Trinajstić information content (AvgIpc) is 2.29. The largest absolute Gasteiger partial charge is 0.458 e. The molecule has 0 amide bonds. The highest BCUT2D eigenvalue weighted by atomic mass is 16.5. The molecule has 0 spiro atoms. The third-order valence-electron chi connectivity index (χ3n) is 1.79. The van der Waals surface area contributed by atoms with Crippen LogP contribution in [-0.2, 0) is 4.74 Å². The van der Waals surface area contributed by atoms with Gasteiger partial charge in [-0.05, 0) is 18.2 Å². The second kappa shape index (κ2) is 4.96. The number of rotatable bonds is 5. The summed E-state index contributed by atoms with van der Waals surface area (Å²) in [6, 6.07) is 5.56. The molecular weight excluding hydrogens is 186 g/mol. The van der Waals surface area contributed by atoms with E-state index in [1.165, 1.54) is 6.08 Å². The number of nitrogens with zero attached hydrogens (tertiary/aromatic N) is 1. The highest BCUT2D eigenvalue weighted by Crippen LogP contribution is 2.20. The summed E-state index contributed by atoms with van der Waals surface area (Å²) in [5.41, 5.74) is 1.37. The maximum Gasteiger partial charge on any atom is 0.129 e. The zero-order chi connectivity index (χ0) is 11.3. The van der Waals surface area contributed by atoms with Crippen LogP contribution < -0.4 is 0 Å². The van der Waals surface area contributed by atoms with Gasteiger partial charge in [0.15, 0.2) is 0 Å². The van der Waals surface area contributed by atoms with Crippen molar-refractivity contribution in [2.75, 3.05) is 0 Å². The first kappa shape index (κ1) is 11.0. The van der Waals surface area contributed by atoms with E-state index in [1.54, 1.807) is 6.20 Å². The standard InChI is InChI=1S/C13H13NO/c1-5-10(2)15-12(4)11(3)13-8-6-7-9-14-13/h5-9H,1-4H2. The molecule has 0 atom stereocenters. The predicted octanol–water partition coefficient (Wildman–Crippen LogP) is 3.32. The topological polar surface area (TPSA) is 22.1 Å². The van der Waals surface area contributed by atoms with Gasteiger partial charge in [-0.3, -0.25) is 4.98 Å². The Labute approximate surface area is 89.9 Å². The number of pyridine rings is 1. The van der Waals surface area contributed by atoms with Crippen LogP contribution in [0.4, 0.5) is 0 Å². The number of ether oxygens (including phenoxy) is 1. The summed E-state index contributed by atoms with van der Waals surface area (Å²) < 4.78 is 5.27. The van der Waals surface area contributed by atoms with E-state index < -0.39 is 0 Å². The van der Waals surface area contributed by atoms with Gasteiger partial charge in [-0.25, -0.2) is 0 Å². The lowest BCUT2D eigenvalue weighted by atomic mass is 10.2. The van der Waals surface area contributed by atoms with Gasteiger partial charge in [0.05, 0.1) is 5.69 Å². The first-order valence-electron chi connectivity index (χ1n) is 4.44. The van der Waals surface area contributed by atoms with Crippen molar-refractivity contribution >= 4 is 5.57 Å². The Balaban J connectivity index is 2.74. The maximum atomic E-state index is 5.27. The van der Waals surface area contributed by atoms with Crippen LogP contribution in [0.2, 0.25) is 0 Å². The van der Waals surface area contributed by atoms with E-state index in [-0.39, 0.29) is 0 Å². The van der Waals surface area contributed by atoms with Crippen LogP contribution in [0.15, 0.2) is 68.3 Å². The number of allylic oxidation sites excluding steroid dienone is 2. The number of aromatic nitrogens is 1. The number of hydrogen-bond acceptors (Lipinski definition) is 2. The Morgan fingerprint density at radius 1 is 1.27 bits per heavy atom. The average molecular weight is 199 g/mol. The van der Waals surface area contributed by atoms with Gasteiger partial charge < -0.3 is 4.74 Å². The Morgan fingerprint density at radius 3 is 2.53 bits per heavy atom. The Kier molecular flexibility index (Phi) is 3.63. The quantitative estimate of drug-likeness (QED) is 0.536. The molecular formula is C13H13NO. The fourth-order valence-corrected chi connectivity index (χ4v) is 0.946. The fourth-order valence-electron chi connectivity index (χ4n) is 0.946. The molecule has 0 saturated heterocycles. The molecule has 0 aromatic carbocycles. The van der Waals surface area contributed by atoms with E-state index in [2.05, 4.69) is 31.3 Å². The van der Waals surface area contributed by atoms with E-state index in [0.717, 1.165) is 5.69 Å². The molecule has 0 fully saturated rings. The fraction of sp³-hybridized carbons (Fsp3) is 0. The van der Waals surface area contributed by atoms with Crippen molar-refractivity contribution in [2.45, 2.75) is 0 Å². The van der Waals surface area contributed by atoms with Gasteiger partial charge in [0.25, 0.3) is 0 Å². The van der Waals surface area contributed by atoms with E-state index in [9.17, 15) is 0 Å². The molecule has 0 aliphatic carbocycles. The molecule has 1 heterocycles. The molecule has 0 radical (unpaired) electrons. The smallest absolute Gasteiger partial charge is 0.129 e. The minimum absolute atomic E-state index is 0.429. The summed E-state index contributed by atoms with van der Waals surface area (Å²) >= 11 is 0. The van der Waals surface area contributed by atoms with Gasteiger partial charge in [-0.1, -0.05) is 32.4 Å². The normalized spacial score (nSPS) is 9.07. The Morgan fingerprint density at radius 2 is 2.00 bits per heavy atom. The number of hydrogen-bond donors (Lipinski definition) is 0. The van der Waals surface area contributed by atoms with Gasteiger partial charge in [-0.2, -0.15) is 0 Å². The minimum atomic E-state index is 0.429. The zero-order valence-corrected chi connectivity index (χ0v) is 8.57. The van der Waals surface area contributed by atoms with Crippen LogP contribution in [0.5, 0.6) is 0 Å². The molecule has 1 aromatic heterocycles. The van der Waals surface area contributed by atoms with Crippen molar-refractivity contribution in [3.63, 3.8) is 0 Å². The van der Waals surface area contributed by atoms with Crippen LogP contribution >= 0.6 is 0 Å². The molecule has 0 saturated carbocycles. The molecule has 15 heavy (non-hydrogen) atoms. The van der Waals surface area contributed by atoms with Crippen LogP contribution in [-0.4, -0.2) is 4.98 Å². The third-order valence-corrected chi connectivity index (χ3v) is 1.79. The SMILES string of the molecule is C=CC(=C)OC(=C)C(=C)c1ccccn1. The monoisotopic (exact) mass is 199 g/mol. The summed E-state index contributed by atoms with van der Waals surface area (Å²) in [6.07, 6.45) is 3.20. The van der Waals surface area contributed by atoms with E-state index in [0.29, 0.717) is 17.1 Å². The maximum absolute atomic E-state index is 5.27. The Hall–Kier alpha value is -2.09. The second-order valence-corrected chi connectivity index (χ2v) is 2.89. The van der Waals surface area contributed by atoms with Crippen molar-refractivity contribution in [1.82, 2.24) is 4.98 Å². The lowest BCUT2D eigenvalue weighted by Gasteiger charge is -2.10. The molecule has 0 N–H and O–H groups in total. The van der Waals surface area contributed by atoms with Crippen molar-refractivity contribution in [3.8, 4) is 0 Å². The summed E-state index contributed by atoms with van der Waals surface area (Å²) in [5, 5.41) is 0. The molecule has 0 aliphatic heterocycles. The lowest BCUT2D eigenvalue weighted by molar-refractivity contribution is 0.344. The van der Waals surface area contributed by atoms with Gasteiger partial charge in [-0.15, -0.1) is 0 Å². The van der Waals surface area contributed by atoms with Crippen molar-refractivity contribution in [2.24, 2.45) is 0 Å². The van der Waals surface area contributed by atoms with E-state index in [1.807, 2.05) is 18.2 Å². The summed E-state index contributed by atoms with van der Waals surface area (Å²) in [5.74, 6) is 0.871. The molecule has 2 heteroatoms. The molecule has 2 nitrogen and oxygen atoms in total. The van der Waals surface area contributed by atoms with Gasteiger partial charge in [0.1, 0.15) is 11.5 Å². The van der Waals surface area contributed by atoms with Gasteiger partial charge in [0.2, 0.25) is 0 Å². The molecule has 1 aromatic rings. The van der Waals surface area contributed by atoms with Crippen molar-refractivity contribution < 1.29 is 4.74 Å². The first-order chi connectivity index (χ1) is 7.15.